The zero-order chi connectivity index (χ0) is 16.8. The van der Waals surface area contributed by atoms with Crippen LogP contribution in [0.2, 0.25) is 0 Å². The third kappa shape index (κ3) is 4.62. The van der Waals surface area contributed by atoms with Crippen molar-refractivity contribution in [2.24, 2.45) is 0 Å². The van der Waals surface area contributed by atoms with Gasteiger partial charge in [0.1, 0.15) is 12.4 Å². The van der Waals surface area contributed by atoms with Gasteiger partial charge >= 0.3 is 0 Å². The van der Waals surface area contributed by atoms with Gasteiger partial charge < -0.3 is 10.1 Å². The highest BCUT2D eigenvalue weighted by Crippen LogP contribution is 2.21. The number of para-hydroxylation sites is 1. The highest BCUT2D eigenvalue weighted by molar-refractivity contribution is 9.10. The Labute approximate surface area is 151 Å². The summed E-state index contributed by atoms with van der Waals surface area (Å²) in [5.41, 5.74) is 4.67. The van der Waals surface area contributed by atoms with E-state index < -0.39 is 0 Å². The number of ether oxygens (including phenoxy) is 1. The summed E-state index contributed by atoms with van der Waals surface area (Å²) in [6, 6.07) is 24.7. The summed E-state index contributed by atoms with van der Waals surface area (Å²) in [7, 11) is 0. The zero-order valence-corrected chi connectivity index (χ0v) is 15.2. The number of hydrogen-bond donors (Lipinski definition) is 1. The summed E-state index contributed by atoms with van der Waals surface area (Å²) in [4.78, 5) is 0. The third-order valence-corrected chi connectivity index (χ3v) is 4.31. The molecule has 0 aliphatic heterocycles. The fourth-order valence-electron chi connectivity index (χ4n) is 2.48. The van der Waals surface area contributed by atoms with Crippen molar-refractivity contribution >= 4 is 21.6 Å². The van der Waals surface area contributed by atoms with E-state index in [1.807, 2.05) is 30.3 Å². The number of anilines is 1. The van der Waals surface area contributed by atoms with Crippen molar-refractivity contribution in [3.63, 3.8) is 0 Å². The molecule has 0 unspecified atom stereocenters. The van der Waals surface area contributed by atoms with Crippen molar-refractivity contribution in [2.75, 3.05) is 5.32 Å². The first-order valence-electron chi connectivity index (χ1n) is 7.96. The molecule has 0 heterocycles. The molecule has 0 aliphatic carbocycles. The van der Waals surface area contributed by atoms with Crippen molar-refractivity contribution < 1.29 is 4.74 Å². The number of halogens is 1. The Morgan fingerprint density at radius 2 is 1.71 bits per heavy atom. The molecule has 0 spiro atoms. The minimum absolute atomic E-state index is 0.564. The summed E-state index contributed by atoms with van der Waals surface area (Å²) in [5, 5.41) is 3.46. The van der Waals surface area contributed by atoms with Crippen LogP contribution in [-0.2, 0) is 13.2 Å². The van der Waals surface area contributed by atoms with Crippen LogP contribution in [0, 0.1) is 6.92 Å². The van der Waals surface area contributed by atoms with Crippen LogP contribution in [-0.4, -0.2) is 0 Å². The molecule has 3 aromatic rings. The van der Waals surface area contributed by atoms with E-state index >= 15 is 0 Å². The number of aryl methyl sites for hydroxylation is 1. The SMILES string of the molecule is Cc1cccc(NCc2ccccc2OCc2ccc(Br)cc2)c1. The minimum atomic E-state index is 0.564. The van der Waals surface area contributed by atoms with Crippen LogP contribution in [0.25, 0.3) is 0 Å². The second kappa shape index (κ2) is 8.02. The fourth-order valence-corrected chi connectivity index (χ4v) is 2.75. The Morgan fingerprint density at radius 3 is 2.50 bits per heavy atom. The summed E-state index contributed by atoms with van der Waals surface area (Å²) >= 11 is 3.45. The Hall–Kier alpha value is -2.26. The minimum Gasteiger partial charge on any atom is -0.489 e. The molecule has 3 heteroatoms. The van der Waals surface area contributed by atoms with E-state index in [1.165, 1.54) is 5.56 Å². The van der Waals surface area contributed by atoms with E-state index in [4.69, 9.17) is 4.74 Å². The van der Waals surface area contributed by atoms with Crippen LogP contribution in [0.4, 0.5) is 5.69 Å². The van der Waals surface area contributed by atoms with Gasteiger partial charge in [0, 0.05) is 22.3 Å². The molecule has 0 saturated heterocycles. The molecule has 0 aromatic heterocycles. The molecule has 24 heavy (non-hydrogen) atoms. The molecule has 2 nitrogen and oxygen atoms in total. The van der Waals surface area contributed by atoms with Crippen molar-refractivity contribution in [2.45, 2.75) is 20.1 Å². The zero-order valence-electron chi connectivity index (χ0n) is 13.6. The Morgan fingerprint density at radius 1 is 0.917 bits per heavy atom. The Bertz CT molecular complexity index is 799. The molecule has 3 aromatic carbocycles. The quantitative estimate of drug-likeness (QED) is 0.569. The van der Waals surface area contributed by atoms with Crippen molar-refractivity contribution in [3.8, 4) is 5.75 Å². The van der Waals surface area contributed by atoms with E-state index in [-0.39, 0.29) is 0 Å². The van der Waals surface area contributed by atoms with Crippen LogP contribution >= 0.6 is 15.9 Å². The predicted octanol–water partition coefficient (Wildman–Crippen LogP) is 5.95. The van der Waals surface area contributed by atoms with Gasteiger partial charge in [0.05, 0.1) is 0 Å². The van der Waals surface area contributed by atoms with E-state index in [9.17, 15) is 0 Å². The molecular formula is C21H20BrNO. The van der Waals surface area contributed by atoms with Gasteiger partial charge in [0.25, 0.3) is 0 Å². The largest absolute Gasteiger partial charge is 0.489 e. The van der Waals surface area contributed by atoms with Crippen LogP contribution in [0.15, 0.2) is 77.3 Å². The van der Waals surface area contributed by atoms with Crippen LogP contribution < -0.4 is 10.1 Å². The molecule has 1 N–H and O–H groups in total. The highest BCUT2D eigenvalue weighted by Gasteiger charge is 2.04. The highest BCUT2D eigenvalue weighted by atomic mass is 79.9. The summed E-state index contributed by atoms with van der Waals surface area (Å²) in [6.07, 6.45) is 0. The average molecular weight is 382 g/mol. The van der Waals surface area contributed by atoms with Crippen LogP contribution in [0.3, 0.4) is 0 Å². The van der Waals surface area contributed by atoms with Gasteiger partial charge in [0.2, 0.25) is 0 Å². The lowest BCUT2D eigenvalue weighted by Gasteiger charge is -2.13. The van der Waals surface area contributed by atoms with Crippen molar-refractivity contribution in [3.05, 3.63) is 94.0 Å². The second-order valence-corrected chi connectivity index (χ2v) is 6.66. The number of hydrogen-bond acceptors (Lipinski definition) is 2. The van der Waals surface area contributed by atoms with Crippen molar-refractivity contribution in [1.82, 2.24) is 0 Å². The first-order chi connectivity index (χ1) is 11.7. The maximum absolute atomic E-state index is 6.02. The lowest BCUT2D eigenvalue weighted by Crippen LogP contribution is -2.03. The Kier molecular flexibility index (Phi) is 5.55. The maximum Gasteiger partial charge on any atom is 0.124 e. The molecule has 122 valence electrons. The first-order valence-corrected chi connectivity index (χ1v) is 8.76. The predicted molar refractivity (Wildman–Crippen MR) is 103 cm³/mol. The molecule has 3 rings (SSSR count). The number of nitrogens with one attached hydrogen (secondary N) is 1. The molecular weight excluding hydrogens is 362 g/mol. The molecule has 0 amide bonds. The maximum atomic E-state index is 6.02. The Balaban J connectivity index is 1.65. The van der Waals surface area contributed by atoms with Gasteiger partial charge in [-0.05, 0) is 48.4 Å². The standard InChI is InChI=1S/C21H20BrNO/c1-16-5-4-7-20(13-16)23-14-18-6-2-3-8-21(18)24-15-17-9-11-19(22)12-10-17/h2-13,23H,14-15H2,1H3. The first kappa shape index (κ1) is 16.6. The van der Waals surface area contributed by atoms with Gasteiger partial charge in [-0.2, -0.15) is 0 Å². The molecule has 0 bridgehead atoms. The monoisotopic (exact) mass is 381 g/mol. The summed E-state index contributed by atoms with van der Waals surface area (Å²) < 4.78 is 7.10. The summed E-state index contributed by atoms with van der Waals surface area (Å²) in [6.45, 7) is 3.40. The van der Waals surface area contributed by atoms with E-state index in [2.05, 4.69) is 70.6 Å². The molecule has 0 aliphatic rings. The third-order valence-electron chi connectivity index (χ3n) is 3.78. The smallest absolute Gasteiger partial charge is 0.124 e. The van der Waals surface area contributed by atoms with Gasteiger partial charge in [-0.1, -0.05) is 58.4 Å². The van der Waals surface area contributed by atoms with Crippen LogP contribution in [0.1, 0.15) is 16.7 Å². The van der Waals surface area contributed by atoms with Crippen LogP contribution in [0.5, 0.6) is 5.75 Å². The second-order valence-electron chi connectivity index (χ2n) is 5.75. The van der Waals surface area contributed by atoms with E-state index in [0.717, 1.165) is 33.6 Å². The number of rotatable bonds is 6. The topological polar surface area (TPSA) is 21.3 Å². The van der Waals surface area contributed by atoms with E-state index in [0.29, 0.717) is 6.61 Å². The fraction of sp³-hybridized carbons (Fsp3) is 0.143. The normalized spacial score (nSPS) is 10.4. The average Bonchev–Trinajstić information content (AvgIpc) is 2.60. The van der Waals surface area contributed by atoms with Gasteiger partial charge in [-0.25, -0.2) is 0 Å². The number of benzene rings is 3. The van der Waals surface area contributed by atoms with Gasteiger partial charge in [-0.3, -0.25) is 0 Å². The molecule has 0 saturated carbocycles. The lowest BCUT2D eigenvalue weighted by atomic mass is 10.1. The van der Waals surface area contributed by atoms with E-state index in [1.54, 1.807) is 0 Å². The van der Waals surface area contributed by atoms with Gasteiger partial charge in [-0.15, -0.1) is 0 Å². The van der Waals surface area contributed by atoms with Gasteiger partial charge in [0.15, 0.2) is 0 Å². The lowest BCUT2D eigenvalue weighted by molar-refractivity contribution is 0.303. The molecule has 0 radical (unpaired) electrons. The van der Waals surface area contributed by atoms with Crippen molar-refractivity contribution in [1.29, 1.82) is 0 Å². The summed E-state index contributed by atoms with van der Waals surface area (Å²) in [5.74, 6) is 0.917. The molecule has 0 fully saturated rings. The molecule has 0 atom stereocenters.